The molecule has 0 spiro atoms. The Labute approximate surface area is 97.3 Å². The molecule has 16 heavy (non-hydrogen) atoms. The lowest BCUT2D eigenvalue weighted by Crippen LogP contribution is -2.23. The van der Waals surface area contributed by atoms with E-state index in [1.807, 2.05) is 18.2 Å². The minimum absolute atomic E-state index is 0.581. The number of hydrogen-bond acceptors (Lipinski definition) is 3. The van der Waals surface area contributed by atoms with Crippen LogP contribution in [0.15, 0.2) is 24.3 Å². The Kier molecular flexibility index (Phi) is 5.38. The number of nitrogens with zero attached hydrogens (tertiary/aromatic N) is 2. The fourth-order valence-electron chi connectivity index (χ4n) is 1.59. The molecule has 0 amide bonds. The molecule has 1 aromatic carbocycles. The van der Waals surface area contributed by atoms with Gasteiger partial charge in [-0.2, -0.15) is 5.26 Å². The molecule has 0 atom stereocenters. The third-order valence-corrected chi connectivity index (χ3v) is 2.53. The van der Waals surface area contributed by atoms with Gasteiger partial charge in [0.25, 0.3) is 0 Å². The molecular formula is C13H18N2O. The van der Waals surface area contributed by atoms with Crippen molar-refractivity contribution in [3.05, 3.63) is 29.8 Å². The molecule has 0 fully saturated rings. The molecule has 0 N–H and O–H groups in total. The van der Waals surface area contributed by atoms with E-state index >= 15 is 0 Å². The van der Waals surface area contributed by atoms with Crippen molar-refractivity contribution in [3.63, 3.8) is 0 Å². The Morgan fingerprint density at radius 2 is 2.25 bits per heavy atom. The number of benzene rings is 1. The lowest BCUT2D eigenvalue weighted by Gasteiger charge is -2.19. The molecule has 0 saturated heterocycles. The second kappa shape index (κ2) is 6.86. The van der Waals surface area contributed by atoms with Gasteiger partial charge in [0.15, 0.2) is 0 Å². The monoisotopic (exact) mass is 218 g/mol. The van der Waals surface area contributed by atoms with Gasteiger partial charge in [-0.15, -0.1) is 0 Å². The molecule has 0 radical (unpaired) electrons. The topological polar surface area (TPSA) is 36.3 Å². The van der Waals surface area contributed by atoms with Gasteiger partial charge in [0, 0.05) is 19.5 Å². The van der Waals surface area contributed by atoms with Crippen LogP contribution in [0.3, 0.4) is 0 Å². The van der Waals surface area contributed by atoms with Gasteiger partial charge in [-0.1, -0.05) is 19.1 Å². The van der Waals surface area contributed by atoms with E-state index in [1.165, 1.54) is 5.56 Å². The minimum Gasteiger partial charge on any atom is -0.497 e. The van der Waals surface area contributed by atoms with Crippen molar-refractivity contribution in [1.29, 1.82) is 5.26 Å². The van der Waals surface area contributed by atoms with Gasteiger partial charge >= 0.3 is 0 Å². The quantitative estimate of drug-likeness (QED) is 0.735. The van der Waals surface area contributed by atoms with Crippen LogP contribution < -0.4 is 4.74 Å². The molecule has 0 bridgehead atoms. The second-order valence-corrected chi connectivity index (χ2v) is 3.63. The van der Waals surface area contributed by atoms with Gasteiger partial charge in [-0.05, 0) is 24.2 Å². The minimum atomic E-state index is 0.581. The summed E-state index contributed by atoms with van der Waals surface area (Å²) in [5.41, 5.74) is 1.22. The lowest BCUT2D eigenvalue weighted by atomic mass is 10.2. The molecule has 0 aliphatic heterocycles. The summed E-state index contributed by atoms with van der Waals surface area (Å²) in [6.07, 6.45) is 0.581. The molecule has 1 rings (SSSR count). The van der Waals surface area contributed by atoms with Crippen molar-refractivity contribution in [1.82, 2.24) is 4.90 Å². The van der Waals surface area contributed by atoms with Gasteiger partial charge in [0.1, 0.15) is 5.75 Å². The van der Waals surface area contributed by atoms with Gasteiger partial charge in [-0.3, -0.25) is 4.90 Å². The third kappa shape index (κ3) is 3.92. The van der Waals surface area contributed by atoms with Crippen molar-refractivity contribution in [2.24, 2.45) is 0 Å². The Morgan fingerprint density at radius 3 is 2.88 bits per heavy atom. The van der Waals surface area contributed by atoms with Gasteiger partial charge in [-0.25, -0.2) is 0 Å². The summed E-state index contributed by atoms with van der Waals surface area (Å²) in [6, 6.07) is 10.2. The zero-order valence-corrected chi connectivity index (χ0v) is 9.94. The van der Waals surface area contributed by atoms with Gasteiger partial charge < -0.3 is 4.74 Å². The maximum Gasteiger partial charge on any atom is 0.119 e. The fourth-order valence-corrected chi connectivity index (χ4v) is 1.59. The molecule has 0 heterocycles. The Morgan fingerprint density at radius 1 is 1.44 bits per heavy atom. The molecule has 0 aliphatic carbocycles. The maximum absolute atomic E-state index is 8.56. The van der Waals surface area contributed by atoms with Gasteiger partial charge in [0.05, 0.1) is 13.2 Å². The molecule has 86 valence electrons. The van der Waals surface area contributed by atoms with E-state index in [0.717, 1.165) is 25.4 Å². The van der Waals surface area contributed by atoms with E-state index in [4.69, 9.17) is 10.00 Å². The Bertz CT molecular complexity index is 357. The highest BCUT2D eigenvalue weighted by atomic mass is 16.5. The van der Waals surface area contributed by atoms with E-state index in [0.29, 0.717) is 6.42 Å². The number of rotatable bonds is 6. The van der Waals surface area contributed by atoms with Crippen LogP contribution in [0.1, 0.15) is 18.9 Å². The van der Waals surface area contributed by atoms with Crippen LogP contribution in [0.25, 0.3) is 0 Å². The van der Waals surface area contributed by atoms with E-state index in [9.17, 15) is 0 Å². The van der Waals surface area contributed by atoms with E-state index < -0.39 is 0 Å². The Balaban J connectivity index is 2.59. The molecular weight excluding hydrogens is 200 g/mol. The summed E-state index contributed by atoms with van der Waals surface area (Å²) in [5, 5.41) is 8.56. The van der Waals surface area contributed by atoms with E-state index in [2.05, 4.69) is 24.0 Å². The third-order valence-electron chi connectivity index (χ3n) is 2.53. The highest BCUT2D eigenvalue weighted by Gasteiger charge is 2.03. The van der Waals surface area contributed by atoms with Crippen molar-refractivity contribution in [3.8, 4) is 11.8 Å². The second-order valence-electron chi connectivity index (χ2n) is 3.63. The first-order valence-corrected chi connectivity index (χ1v) is 5.52. The fraction of sp³-hybridized carbons (Fsp3) is 0.462. The van der Waals surface area contributed by atoms with Crippen LogP contribution in [0.2, 0.25) is 0 Å². The largest absolute Gasteiger partial charge is 0.497 e. The summed E-state index contributed by atoms with van der Waals surface area (Å²) in [6.45, 7) is 4.76. The van der Waals surface area contributed by atoms with E-state index in [1.54, 1.807) is 7.11 Å². The van der Waals surface area contributed by atoms with Crippen LogP contribution in [-0.4, -0.2) is 25.1 Å². The van der Waals surface area contributed by atoms with Crippen LogP contribution >= 0.6 is 0 Å². The lowest BCUT2D eigenvalue weighted by molar-refractivity contribution is 0.286. The van der Waals surface area contributed by atoms with E-state index in [-0.39, 0.29) is 0 Å². The van der Waals surface area contributed by atoms with Gasteiger partial charge in [0.2, 0.25) is 0 Å². The van der Waals surface area contributed by atoms with Crippen LogP contribution in [-0.2, 0) is 6.54 Å². The molecule has 0 saturated carbocycles. The first kappa shape index (κ1) is 12.5. The molecule has 0 aliphatic rings. The average Bonchev–Trinajstić information content (AvgIpc) is 2.34. The molecule has 3 heteroatoms. The van der Waals surface area contributed by atoms with Crippen molar-refractivity contribution < 1.29 is 4.74 Å². The summed E-state index contributed by atoms with van der Waals surface area (Å²) >= 11 is 0. The number of methoxy groups -OCH3 is 1. The molecule has 1 aromatic rings. The zero-order valence-electron chi connectivity index (χ0n) is 9.94. The highest BCUT2D eigenvalue weighted by Crippen LogP contribution is 2.14. The zero-order chi connectivity index (χ0) is 11.8. The standard InChI is InChI=1S/C13H18N2O/c1-3-15(9-5-8-14)11-12-6-4-7-13(10-12)16-2/h4,6-7,10H,3,5,9,11H2,1-2H3. The van der Waals surface area contributed by atoms with Crippen LogP contribution in [0.4, 0.5) is 0 Å². The molecule has 0 unspecified atom stereocenters. The number of ether oxygens (including phenoxy) is 1. The first-order chi connectivity index (χ1) is 7.80. The van der Waals surface area contributed by atoms with Crippen LogP contribution in [0, 0.1) is 11.3 Å². The summed E-state index contributed by atoms with van der Waals surface area (Å²) in [7, 11) is 1.67. The van der Waals surface area contributed by atoms with Crippen molar-refractivity contribution in [2.45, 2.75) is 19.9 Å². The van der Waals surface area contributed by atoms with Crippen LogP contribution in [0.5, 0.6) is 5.75 Å². The summed E-state index contributed by atoms with van der Waals surface area (Å²) < 4.78 is 5.18. The highest BCUT2D eigenvalue weighted by molar-refractivity contribution is 5.28. The molecule has 0 aromatic heterocycles. The first-order valence-electron chi connectivity index (χ1n) is 5.52. The van der Waals surface area contributed by atoms with Crippen molar-refractivity contribution >= 4 is 0 Å². The maximum atomic E-state index is 8.56. The summed E-state index contributed by atoms with van der Waals surface area (Å²) in [5.74, 6) is 0.883. The SMILES string of the molecule is CCN(CCC#N)Cc1cccc(OC)c1. The predicted octanol–water partition coefficient (Wildman–Crippen LogP) is 2.43. The predicted molar refractivity (Wildman–Crippen MR) is 64.2 cm³/mol. The summed E-state index contributed by atoms with van der Waals surface area (Å²) in [4.78, 5) is 2.25. The Hall–Kier alpha value is -1.53. The average molecular weight is 218 g/mol. The number of hydrogen-bond donors (Lipinski definition) is 0. The molecule has 3 nitrogen and oxygen atoms in total. The normalized spacial score (nSPS) is 10.1. The van der Waals surface area contributed by atoms with Crippen molar-refractivity contribution in [2.75, 3.05) is 20.2 Å². The number of nitriles is 1. The smallest absolute Gasteiger partial charge is 0.119 e.